The molecule has 0 saturated heterocycles. The summed E-state index contributed by atoms with van der Waals surface area (Å²) in [6, 6.07) is 12.2. The Kier molecular flexibility index (Phi) is 5.59. The molecule has 3 aromatic rings. The Hall–Kier alpha value is -2.73. The fourth-order valence-corrected chi connectivity index (χ4v) is 9.74. The molecule has 3 fully saturated rings. The standard InChI is InChI=1S/C33H41N3O3/c1-31-19-21-17-24-28(36(30(38)35-29(24)37)16-13-20-7-5-4-6-8-20)34-27(21)18-22(31)9-10-23-25(31)11-14-32(2)26(23)12-15-33(32,3)39/h4-8,17,22-23,25-26,39H,9-16,18-19H2,1-3H3,(H,35,37,38). The predicted molar refractivity (Wildman–Crippen MR) is 153 cm³/mol. The van der Waals surface area contributed by atoms with Crippen LogP contribution in [-0.4, -0.2) is 25.2 Å². The third-order valence-electron chi connectivity index (χ3n) is 12.2. The van der Waals surface area contributed by atoms with Gasteiger partial charge in [0.2, 0.25) is 0 Å². The Morgan fingerprint density at radius 1 is 1.03 bits per heavy atom. The maximum Gasteiger partial charge on any atom is 0.330 e. The summed E-state index contributed by atoms with van der Waals surface area (Å²) in [6.45, 7) is 7.41. The lowest BCUT2D eigenvalue weighted by Gasteiger charge is -2.61. The second-order valence-electron chi connectivity index (χ2n) is 13.9. The van der Waals surface area contributed by atoms with Gasteiger partial charge in [0.1, 0.15) is 5.65 Å². The minimum Gasteiger partial charge on any atom is -0.390 e. The number of nitrogens with one attached hydrogen (secondary N) is 1. The zero-order chi connectivity index (χ0) is 27.2. The molecule has 2 heterocycles. The summed E-state index contributed by atoms with van der Waals surface area (Å²) in [6.07, 6.45) is 9.35. The van der Waals surface area contributed by atoms with Crippen LogP contribution in [0.15, 0.2) is 46.0 Å². The average molecular weight is 528 g/mol. The van der Waals surface area contributed by atoms with E-state index >= 15 is 0 Å². The van der Waals surface area contributed by atoms with Crippen molar-refractivity contribution in [1.82, 2.24) is 14.5 Å². The first-order valence-corrected chi connectivity index (χ1v) is 15.0. The number of nitrogens with zero attached hydrogens (tertiary/aromatic N) is 2. The fraction of sp³-hybridized carbons (Fsp3) is 0.606. The summed E-state index contributed by atoms with van der Waals surface area (Å²) >= 11 is 0. The largest absolute Gasteiger partial charge is 0.390 e. The van der Waals surface area contributed by atoms with E-state index in [1.165, 1.54) is 24.8 Å². The van der Waals surface area contributed by atoms with Crippen molar-refractivity contribution in [3.63, 3.8) is 0 Å². The highest BCUT2D eigenvalue weighted by molar-refractivity contribution is 5.75. The van der Waals surface area contributed by atoms with Crippen LogP contribution in [0, 0.1) is 34.5 Å². The molecule has 3 saturated carbocycles. The van der Waals surface area contributed by atoms with Gasteiger partial charge in [-0.3, -0.25) is 14.3 Å². The number of fused-ring (bicyclic) bond motifs is 7. The zero-order valence-electron chi connectivity index (χ0n) is 23.5. The second kappa shape index (κ2) is 8.63. The predicted octanol–water partition coefficient (Wildman–Crippen LogP) is 5.04. The minimum atomic E-state index is -0.556. The molecule has 0 bridgehead atoms. The quantitative estimate of drug-likeness (QED) is 0.500. The van der Waals surface area contributed by atoms with Crippen molar-refractivity contribution in [2.75, 3.05) is 0 Å². The number of aryl methyl sites for hydroxylation is 2. The Morgan fingerprint density at radius 2 is 1.79 bits per heavy atom. The van der Waals surface area contributed by atoms with Crippen molar-refractivity contribution in [2.24, 2.45) is 34.5 Å². The number of benzene rings is 1. The van der Waals surface area contributed by atoms with E-state index in [9.17, 15) is 14.7 Å². The third-order valence-corrected chi connectivity index (χ3v) is 12.2. The number of aromatic nitrogens is 3. The van der Waals surface area contributed by atoms with Crippen LogP contribution in [0.25, 0.3) is 11.0 Å². The number of aliphatic hydroxyl groups is 1. The van der Waals surface area contributed by atoms with Crippen molar-refractivity contribution >= 4 is 11.0 Å². The van der Waals surface area contributed by atoms with Gasteiger partial charge in [0.15, 0.2) is 0 Å². The highest BCUT2D eigenvalue weighted by Gasteiger charge is 2.63. The first-order valence-electron chi connectivity index (χ1n) is 15.0. The van der Waals surface area contributed by atoms with E-state index in [1.807, 2.05) is 24.3 Å². The molecule has 4 aliphatic carbocycles. The molecule has 7 rings (SSSR count). The summed E-state index contributed by atoms with van der Waals surface area (Å²) in [5.74, 6) is 2.47. The van der Waals surface area contributed by atoms with Crippen LogP contribution in [0.3, 0.4) is 0 Å². The van der Waals surface area contributed by atoms with Crippen LogP contribution in [-0.2, 0) is 25.8 Å². The maximum atomic E-state index is 13.0. The van der Waals surface area contributed by atoms with Crippen LogP contribution in [0.1, 0.15) is 76.1 Å². The number of hydrogen-bond donors (Lipinski definition) is 2. The van der Waals surface area contributed by atoms with Gasteiger partial charge in [-0.15, -0.1) is 0 Å². The first-order chi connectivity index (χ1) is 18.6. The number of pyridine rings is 1. The normalized spacial score (nSPS) is 37.1. The van der Waals surface area contributed by atoms with Crippen LogP contribution in [0.5, 0.6) is 0 Å². The van der Waals surface area contributed by atoms with Crippen molar-refractivity contribution < 1.29 is 5.11 Å². The SMILES string of the molecule is CC12Cc3cc4c(=O)[nH]c(=O)n(CCc5ccccc5)c4nc3CC1CCC1C2CCC2(C)C1CCC2(C)O. The van der Waals surface area contributed by atoms with Crippen molar-refractivity contribution in [3.05, 3.63) is 74.1 Å². The van der Waals surface area contributed by atoms with E-state index in [-0.39, 0.29) is 22.1 Å². The topological polar surface area (TPSA) is 88.0 Å². The minimum absolute atomic E-state index is 0.0262. The van der Waals surface area contributed by atoms with Gasteiger partial charge in [-0.2, -0.15) is 0 Å². The van der Waals surface area contributed by atoms with Gasteiger partial charge in [-0.05, 0) is 116 Å². The summed E-state index contributed by atoms with van der Waals surface area (Å²) in [7, 11) is 0. The fourth-order valence-electron chi connectivity index (χ4n) is 9.74. The molecule has 7 unspecified atom stereocenters. The molecule has 7 atom stereocenters. The average Bonchev–Trinajstić information content (AvgIpc) is 3.15. The lowest BCUT2D eigenvalue weighted by molar-refractivity contribution is -0.139. The van der Waals surface area contributed by atoms with Crippen LogP contribution in [0.2, 0.25) is 0 Å². The lowest BCUT2D eigenvalue weighted by atomic mass is 9.44. The van der Waals surface area contributed by atoms with E-state index in [0.717, 1.165) is 43.4 Å². The highest BCUT2D eigenvalue weighted by atomic mass is 16.3. The molecule has 0 radical (unpaired) electrons. The molecule has 2 N–H and O–H groups in total. The van der Waals surface area contributed by atoms with Gasteiger partial charge in [-0.1, -0.05) is 44.2 Å². The van der Waals surface area contributed by atoms with Crippen LogP contribution >= 0.6 is 0 Å². The van der Waals surface area contributed by atoms with Gasteiger partial charge in [0.25, 0.3) is 5.56 Å². The molecule has 206 valence electrons. The van der Waals surface area contributed by atoms with E-state index in [1.54, 1.807) is 4.57 Å². The molecule has 0 amide bonds. The molecular formula is C33H41N3O3. The molecular weight excluding hydrogens is 486 g/mol. The smallest absolute Gasteiger partial charge is 0.330 e. The molecule has 4 aliphatic rings. The molecule has 39 heavy (non-hydrogen) atoms. The van der Waals surface area contributed by atoms with Gasteiger partial charge >= 0.3 is 5.69 Å². The second-order valence-corrected chi connectivity index (χ2v) is 13.9. The third kappa shape index (κ3) is 3.66. The summed E-state index contributed by atoms with van der Waals surface area (Å²) in [5, 5.41) is 11.8. The Labute approximate surface area is 229 Å². The van der Waals surface area contributed by atoms with E-state index < -0.39 is 5.60 Å². The van der Waals surface area contributed by atoms with Gasteiger partial charge < -0.3 is 5.11 Å². The number of H-pyrrole nitrogens is 1. The number of hydrogen-bond acceptors (Lipinski definition) is 4. The molecule has 2 aromatic heterocycles. The summed E-state index contributed by atoms with van der Waals surface area (Å²) in [5.41, 5.74) is 2.87. The molecule has 6 heteroatoms. The Bertz CT molecular complexity index is 1560. The van der Waals surface area contributed by atoms with Crippen LogP contribution in [0.4, 0.5) is 0 Å². The van der Waals surface area contributed by atoms with Gasteiger partial charge in [0.05, 0.1) is 11.0 Å². The van der Waals surface area contributed by atoms with Crippen molar-refractivity contribution in [2.45, 2.75) is 90.7 Å². The van der Waals surface area contributed by atoms with Gasteiger partial charge in [0, 0.05) is 12.2 Å². The zero-order valence-corrected chi connectivity index (χ0v) is 23.5. The van der Waals surface area contributed by atoms with Gasteiger partial charge in [-0.25, -0.2) is 9.78 Å². The Morgan fingerprint density at radius 3 is 2.59 bits per heavy atom. The van der Waals surface area contributed by atoms with Crippen molar-refractivity contribution in [3.8, 4) is 0 Å². The van der Waals surface area contributed by atoms with E-state index in [4.69, 9.17) is 4.98 Å². The lowest BCUT2D eigenvalue weighted by Crippen LogP contribution is -2.56. The molecule has 6 nitrogen and oxygen atoms in total. The summed E-state index contributed by atoms with van der Waals surface area (Å²) < 4.78 is 1.66. The molecule has 1 aromatic carbocycles. The number of rotatable bonds is 3. The highest BCUT2D eigenvalue weighted by Crippen LogP contribution is 2.67. The van der Waals surface area contributed by atoms with E-state index in [0.29, 0.717) is 47.7 Å². The number of aromatic amines is 1. The molecule has 0 aliphatic heterocycles. The Balaban J connectivity index is 1.24. The summed E-state index contributed by atoms with van der Waals surface area (Å²) in [4.78, 5) is 33.5. The monoisotopic (exact) mass is 527 g/mol. The maximum absolute atomic E-state index is 13.0. The first kappa shape index (κ1) is 25.3. The van der Waals surface area contributed by atoms with E-state index in [2.05, 4.69) is 37.9 Å². The molecule has 0 spiro atoms. The van der Waals surface area contributed by atoms with Crippen LogP contribution < -0.4 is 11.2 Å². The van der Waals surface area contributed by atoms with Crippen molar-refractivity contribution in [1.29, 1.82) is 0 Å².